The summed E-state index contributed by atoms with van der Waals surface area (Å²) in [5.74, 6) is -2.00. The Kier molecular flexibility index (Phi) is 6.51. The highest BCUT2D eigenvalue weighted by Crippen LogP contribution is 2.33. The monoisotopic (exact) mass is 429 g/mol. The van der Waals surface area contributed by atoms with Crippen molar-refractivity contribution in [1.29, 1.82) is 0 Å². The van der Waals surface area contributed by atoms with Crippen LogP contribution in [-0.4, -0.2) is 88.6 Å². The van der Waals surface area contributed by atoms with Gasteiger partial charge in [0.15, 0.2) is 0 Å². The summed E-state index contributed by atoms with van der Waals surface area (Å²) >= 11 is 0. The number of halogens is 3. The van der Waals surface area contributed by atoms with Gasteiger partial charge in [-0.2, -0.15) is 13.2 Å². The van der Waals surface area contributed by atoms with Gasteiger partial charge in [-0.1, -0.05) is 0 Å². The Morgan fingerprint density at radius 2 is 1.40 bits per heavy atom. The molecule has 0 aromatic heterocycles. The third kappa shape index (κ3) is 4.43. The first-order chi connectivity index (χ1) is 13.7. The summed E-state index contributed by atoms with van der Waals surface area (Å²) in [6.45, 7) is 3.44. The molecule has 1 aromatic carbocycles. The molecule has 0 saturated carbocycles. The van der Waals surface area contributed by atoms with Gasteiger partial charge in [0.1, 0.15) is 0 Å². The van der Waals surface area contributed by atoms with Gasteiger partial charge in [-0.25, -0.2) is 0 Å². The quantitative estimate of drug-likeness (QED) is 0.794. The van der Waals surface area contributed by atoms with E-state index in [2.05, 4.69) is 0 Å². The number of aliphatic hydroxyl groups is 1. The molecule has 0 radical (unpaired) electrons. The number of benzene rings is 1. The van der Waals surface area contributed by atoms with Crippen molar-refractivity contribution in [3.8, 4) is 0 Å². The summed E-state index contributed by atoms with van der Waals surface area (Å²) in [4.78, 5) is 41.0. The van der Waals surface area contributed by atoms with Crippen LogP contribution in [0.4, 0.5) is 13.2 Å². The molecular formula is C20H26F3N3O4. The van der Waals surface area contributed by atoms with E-state index in [4.69, 9.17) is 0 Å². The van der Waals surface area contributed by atoms with E-state index in [-0.39, 0.29) is 24.9 Å². The predicted octanol–water partition coefficient (Wildman–Crippen LogP) is 1.76. The molecule has 0 spiro atoms. The zero-order valence-electron chi connectivity index (χ0n) is 17.5. The van der Waals surface area contributed by atoms with Crippen molar-refractivity contribution in [1.82, 2.24) is 14.7 Å². The molecule has 1 aliphatic heterocycles. The fraction of sp³-hybridized carbons (Fsp3) is 0.550. The number of hydrogen-bond acceptors (Lipinski definition) is 4. The third-order valence-electron chi connectivity index (χ3n) is 5.26. The minimum Gasteiger partial charge on any atom is -0.373 e. The Morgan fingerprint density at radius 1 is 0.967 bits per heavy atom. The third-order valence-corrected chi connectivity index (χ3v) is 5.26. The van der Waals surface area contributed by atoms with Crippen molar-refractivity contribution in [2.45, 2.75) is 44.6 Å². The highest BCUT2D eigenvalue weighted by molar-refractivity contribution is 5.98. The van der Waals surface area contributed by atoms with Crippen LogP contribution in [-0.2, 0) is 4.79 Å². The summed E-state index contributed by atoms with van der Waals surface area (Å²) in [5, 5.41) is 9.71. The van der Waals surface area contributed by atoms with E-state index in [0.717, 1.165) is 4.90 Å². The average Bonchev–Trinajstić information content (AvgIpc) is 2.66. The Bertz CT molecular complexity index is 822. The van der Waals surface area contributed by atoms with Crippen LogP contribution in [0.1, 0.15) is 41.5 Å². The van der Waals surface area contributed by atoms with Gasteiger partial charge in [-0.05, 0) is 45.0 Å². The number of carbonyl (C=O) groups excluding carboxylic acids is 3. The van der Waals surface area contributed by atoms with Gasteiger partial charge in [0.2, 0.25) is 5.60 Å². The predicted molar refractivity (Wildman–Crippen MR) is 103 cm³/mol. The van der Waals surface area contributed by atoms with E-state index in [1.54, 1.807) is 21.0 Å². The van der Waals surface area contributed by atoms with Gasteiger partial charge in [0.05, 0.1) is 0 Å². The molecule has 1 heterocycles. The Balaban J connectivity index is 2.16. The van der Waals surface area contributed by atoms with Crippen molar-refractivity contribution in [3.63, 3.8) is 0 Å². The highest BCUT2D eigenvalue weighted by Gasteiger charge is 2.58. The molecule has 7 nitrogen and oxygen atoms in total. The van der Waals surface area contributed by atoms with Gasteiger partial charge in [-0.3, -0.25) is 14.4 Å². The molecule has 3 amide bonds. The molecule has 1 unspecified atom stereocenters. The number of rotatable bonds is 3. The first-order valence-corrected chi connectivity index (χ1v) is 9.41. The van der Waals surface area contributed by atoms with Crippen molar-refractivity contribution in [3.05, 3.63) is 35.4 Å². The van der Waals surface area contributed by atoms with E-state index in [1.807, 2.05) is 0 Å². The summed E-state index contributed by atoms with van der Waals surface area (Å²) in [6, 6.07) is 4.81. The molecule has 0 aliphatic carbocycles. The molecular weight excluding hydrogens is 403 g/mol. The van der Waals surface area contributed by atoms with Gasteiger partial charge in [0.25, 0.3) is 17.7 Å². The number of piperazine rings is 1. The summed E-state index contributed by atoms with van der Waals surface area (Å²) in [5.41, 5.74) is -2.75. The topological polar surface area (TPSA) is 81.2 Å². The number of nitrogens with zero attached hydrogens (tertiary/aromatic N) is 3. The minimum absolute atomic E-state index is 0.0120. The standard InChI is InChI=1S/C20H26F3N3O4/c1-12-11-26(18(29)19(3,30)20(21,22)23)13(2)10-25(12)17(28)15-8-6-14(7-9-15)16(27)24(4)5/h6-9,12-13,30H,10-11H2,1-5H3/t12-,13-,19?/m1/s1. The van der Waals surface area contributed by atoms with Crippen LogP contribution in [0.3, 0.4) is 0 Å². The molecule has 2 rings (SSSR count). The second-order valence-corrected chi connectivity index (χ2v) is 7.96. The smallest absolute Gasteiger partial charge is 0.373 e. The summed E-state index contributed by atoms with van der Waals surface area (Å²) in [6.07, 6.45) is -5.11. The zero-order chi connectivity index (χ0) is 23.0. The first-order valence-electron chi connectivity index (χ1n) is 9.41. The van der Waals surface area contributed by atoms with Crippen LogP contribution in [0.5, 0.6) is 0 Å². The van der Waals surface area contributed by atoms with E-state index in [9.17, 15) is 32.7 Å². The van der Waals surface area contributed by atoms with Gasteiger partial charge >= 0.3 is 6.18 Å². The van der Waals surface area contributed by atoms with Gasteiger partial charge in [0, 0.05) is 50.4 Å². The van der Waals surface area contributed by atoms with E-state index >= 15 is 0 Å². The molecule has 1 aliphatic rings. The van der Waals surface area contributed by atoms with Gasteiger partial charge < -0.3 is 19.8 Å². The van der Waals surface area contributed by atoms with Crippen LogP contribution in [0.15, 0.2) is 24.3 Å². The maximum atomic E-state index is 13.0. The summed E-state index contributed by atoms with van der Waals surface area (Å²) in [7, 11) is 3.22. The lowest BCUT2D eigenvalue weighted by Gasteiger charge is -2.46. The van der Waals surface area contributed by atoms with E-state index < -0.39 is 29.8 Å². The molecule has 10 heteroatoms. The lowest BCUT2D eigenvalue weighted by atomic mass is 9.99. The second kappa shape index (κ2) is 8.25. The van der Waals surface area contributed by atoms with Crippen molar-refractivity contribution in [2.24, 2.45) is 0 Å². The van der Waals surface area contributed by atoms with Crippen molar-refractivity contribution >= 4 is 17.7 Å². The Hall–Kier alpha value is -2.62. The molecule has 3 atom stereocenters. The van der Waals surface area contributed by atoms with Crippen molar-refractivity contribution in [2.75, 3.05) is 27.2 Å². The van der Waals surface area contributed by atoms with Crippen LogP contribution >= 0.6 is 0 Å². The van der Waals surface area contributed by atoms with Crippen LogP contribution in [0, 0.1) is 0 Å². The second-order valence-electron chi connectivity index (χ2n) is 7.96. The largest absolute Gasteiger partial charge is 0.426 e. The molecule has 1 N–H and O–H groups in total. The molecule has 166 valence electrons. The van der Waals surface area contributed by atoms with Crippen molar-refractivity contribution < 1.29 is 32.7 Å². The molecule has 1 fully saturated rings. The maximum absolute atomic E-state index is 13.0. The fourth-order valence-electron chi connectivity index (χ4n) is 3.27. The number of hydrogen-bond donors (Lipinski definition) is 1. The van der Waals surface area contributed by atoms with Gasteiger partial charge in [-0.15, -0.1) is 0 Å². The van der Waals surface area contributed by atoms with Crippen LogP contribution in [0.25, 0.3) is 0 Å². The Morgan fingerprint density at radius 3 is 1.87 bits per heavy atom. The SMILES string of the molecule is C[C@@H]1CN(C(=O)C(C)(O)C(F)(F)F)[C@H](C)CN1C(=O)c1ccc(C(=O)N(C)C)cc1. The van der Waals surface area contributed by atoms with Crippen LogP contribution in [0.2, 0.25) is 0 Å². The minimum atomic E-state index is -5.11. The molecule has 30 heavy (non-hydrogen) atoms. The maximum Gasteiger partial charge on any atom is 0.426 e. The van der Waals surface area contributed by atoms with E-state index in [1.165, 1.54) is 41.0 Å². The number of carbonyl (C=O) groups is 3. The zero-order valence-corrected chi connectivity index (χ0v) is 17.5. The lowest BCUT2D eigenvalue weighted by molar-refractivity contribution is -0.251. The number of alkyl halides is 3. The highest BCUT2D eigenvalue weighted by atomic mass is 19.4. The number of amides is 3. The lowest BCUT2D eigenvalue weighted by Crippen LogP contribution is -2.65. The molecule has 1 aromatic rings. The van der Waals surface area contributed by atoms with E-state index in [0.29, 0.717) is 18.1 Å². The summed E-state index contributed by atoms with van der Waals surface area (Å²) < 4.78 is 39.1. The molecule has 1 saturated heterocycles. The first kappa shape index (κ1) is 23.7. The normalized spacial score (nSPS) is 21.8. The van der Waals surface area contributed by atoms with Crippen LogP contribution < -0.4 is 0 Å². The Labute approximate surface area is 173 Å². The average molecular weight is 429 g/mol. The molecule has 0 bridgehead atoms. The fourth-order valence-corrected chi connectivity index (χ4v) is 3.27.